The molecule has 1 atom stereocenters. The second-order valence-corrected chi connectivity index (χ2v) is 6.17. The Morgan fingerprint density at radius 1 is 1.28 bits per heavy atom. The Morgan fingerprint density at radius 3 is 3.00 bits per heavy atom. The molecule has 1 saturated heterocycles. The number of para-hydroxylation sites is 2. The zero-order valence-electron chi connectivity index (χ0n) is 13.6. The molecule has 5 nitrogen and oxygen atoms in total. The van der Waals surface area contributed by atoms with Crippen molar-refractivity contribution in [3.05, 3.63) is 59.9 Å². The molecular formula is C19H18FN3O2. The van der Waals surface area contributed by atoms with Crippen LogP contribution in [0, 0.1) is 5.82 Å². The molecule has 1 aliphatic rings. The molecule has 1 fully saturated rings. The Labute approximate surface area is 144 Å². The van der Waals surface area contributed by atoms with E-state index < -0.39 is 5.82 Å². The van der Waals surface area contributed by atoms with E-state index in [0.29, 0.717) is 18.1 Å². The number of amides is 1. The Kier molecular flexibility index (Phi) is 4.09. The minimum atomic E-state index is -0.415. The third-order valence-corrected chi connectivity index (χ3v) is 4.49. The van der Waals surface area contributed by atoms with Crippen molar-refractivity contribution in [3.8, 4) is 0 Å². The van der Waals surface area contributed by atoms with Crippen LogP contribution in [-0.2, 0) is 0 Å². The van der Waals surface area contributed by atoms with Gasteiger partial charge in [-0.2, -0.15) is 4.98 Å². The molecule has 0 radical (unpaired) electrons. The molecule has 6 heteroatoms. The number of halogens is 1. The van der Waals surface area contributed by atoms with E-state index in [9.17, 15) is 9.18 Å². The van der Waals surface area contributed by atoms with Gasteiger partial charge in [-0.25, -0.2) is 4.39 Å². The SMILES string of the molecule is O=C(NCC1CCCN1c1nc2ccccc2o1)c1cccc(F)c1. The van der Waals surface area contributed by atoms with Gasteiger partial charge in [0.25, 0.3) is 11.9 Å². The van der Waals surface area contributed by atoms with E-state index >= 15 is 0 Å². The summed E-state index contributed by atoms with van der Waals surface area (Å²) in [6.45, 7) is 1.31. The highest BCUT2D eigenvalue weighted by molar-refractivity contribution is 5.94. The Bertz CT molecular complexity index is 875. The highest BCUT2D eigenvalue weighted by atomic mass is 19.1. The number of carbonyl (C=O) groups excluding carboxylic acids is 1. The van der Waals surface area contributed by atoms with Crippen molar-refractivity contribution in [1.82, 2.24) is 10.3 Å². The first-order valence-electron chi connectivity index (χ1n) is 8.37. The van der Waals surface area contributed by atoms with Gasteiger partial charge in [-0.3, -0.25) is 4.79 Å². The summed E-state index contributed by atoms with van der Waals surface area (Å²) in [5.74, 6) is -0.689. The monoisotopic (exact) mass is 339 g/mol. The average Bonchev–Trinajstić information content (AvgIpc) is 3.25. The van der Waals surface area contributed by atoms with Crippen LogP contribution in [0.25, 0.3) is 11.1 Å². The number of hydrogen-bond donors (Lipinski definition) is 1. The lowest BCUT2D eigenvalue weighted by molar-refractivity contribution is 0.0950. The van der Waals surface area contributed by atoms with Gasteiger partial charge < -0.3 is 14.6 Å². The molecule has 0 saturated carbocycles. The summed E-state index contributed by atoms with van der Waals surface area (Å²) in [7, 11) is 0. The van der Waals surface area contributed by atoms with Crippen LogP contribution in [-0.4, -0.2) is 30.0 Å². The van der Waals surface area contributed by atoms with Gasteiger partial charge in [0.05, 0.1) is 6.04 Å². The number of nitrogens with one attached hydrogen (secondary N) is 1. The van der Waals surface area contributed by atoms with Crippen molar-refractivity contribution in [2.75, 3.05) is 18.0 Å². The van der Waals surface area contributed by atoms with Gasteiger partial charge in [0.2, 0.25) is 0 Å². The molecule has 0 aliphatic carbocycles. The summed E-state index contributed by atoms with van der Waals surface area (Å²) in [5.41, 5.74) is 1.91. The van der Waals surface area contributed by atoms with E-state index in [1.165, 1.54) is 18.2 Å². The van der Waals surface area contributed by atoms with E-state index in [1.54, 1.807) is 6.07 Å². The lowest BCUT2D eigenvalue weighted by atomic mass is 10.2. The molecule has 1 aromatic heterocycles. The van der Waals surface area contributed by atoms with Crippen LogP contribution < -0.4 is 10.2 Å². The summed E-state index contributed by atoms with van der Waals surface area (Å²) in [5, 5.41) is 2.88. The zero-order chi connectivity index (χ0) is 17.2. The molecule has 0 spiro atoms. The first-order valence-corrected chi connectivity index (χ1v) is 8.37. The number of oxazole rings is 1. The Balaban J connectivity index is 1.45. The molecule has 3 aromatic rings. The largest absolute Gasteiger partial charge is 0.423 e. The van der Waals surface area contributed by atoms with Crippen molar-refractivity contribution >= 4 is 23.0 Å². The van der Waals surface area contributed by atoms with Crippen LogP contribution >= 0.6 is 0 Å². The van der Waals surface area contributed by atoms with Crippen LogP contribution in [0.5, 0.6) is 0 Å². The molecule has 1 amide bonds. The lowest BCUT2D eigenvalue weighted by Gasteiger charge is -2.23. The second kappa shape index (κ2) is 6.55. The van der Waals surface area contributed by atoms with E-state index in [2.05, 4.69) is 15.2 Å². The third kappa shape index (κ3) is 3.20. The number of benzene rings is 2. The molecule has 1 aliphatic heterocycles. The van der Waals surface area contributed by atoms with Gasteiger partial charge in [-0.05, 0) is 43.2 Å². The fourth-order valence-electron chi connectivity index (χ4n) is 3.22. The molecule has 128 valence electrons. The number of nitrogens with zero attached hydrogens (tertiary/aromatic N) is 2. The van der Waals surface area contributed by atoms with Gasteiger partial charge in [-0.15, -0.1) is 0 Å². The fourth-order valence-corrected chi connectivity index (χ4v) is 3.22. The minimum Gasteiger partial charge on any atom is -0.423 e. The number of anilines is 1. The summed E-state index contributed by atoms with van der Waals surface area (Å²) in [6.07, 6.45) is 1.96. The molecule has 0 bridgehead atoms. The predicted octanol–water partition coefficient (Wildman–Crippen LogP) is 3.37. The van der Waals surface area contributed by atoms with Crippen molar-refractivity contribution < 1.29 is 13.6 Å². The Hall–Kier alpha value is -2.89. The summed E-state index contributed by atoms with van der Waals surface area (Å²) in [6, 6.07) is 14.0. The van der Waals surface area contributed by atoms with E-state index in [-0.39, 0.29) is 11.9 Å². The first kappa shape index (κ1) is 15.6. The maximum absolute atomic E-state index is 13.2. The Morgan fingerprint density at radius 2 is 2.16 bits per heavy atom. The summed E-state index contributed by atoms with van der Waals surface area (Å²) < 4.78 is 19.1. The van der Waals surface area contributed by atoms with Crippen LogP contribution in [0.3, 0.4) is 0 Å². The second-order valence-electron chi connectivity index (χ2n) is 6.17. The van der Waals surface area contributed by atoms with Crippen molar-refractivity contribution in [1.29, 1.82) is 0 Å². The van der Waals surface area contributed by atoms with E-state index in [1.807, 2.05) is 24.3 Å². The molecular weight excluding hydrogens is 321 g/mol. The number of carbonyl (C=O) groups is 1. The van der Waals surface area contributed by atoms with Gasteiger partial charge in [0.1, 0.15) is 11.3 Å². The van der Waals surface area contributed by atoms with Gasteiger partial charge >= 0.3 is 0 Å². The normalized spacial score (nSPS) is 17.2. The highest BCUT2D eigenvalue weighted by Gasteiger charge is 2.28. The highest BCUT2D eigenvalue weighted by Crippen LogP contribution is 2.28. The maximum atomic E-state index is 13.2. The topological polar surface area (TPSA) is 58.4 Å². The van der Waals surface area contributed by atoms with Crippen molar-refractivity contribution in [2.24, 2.45) is 0 Å². The zero-order valence-corrected chi connectivity index (χ0v) is 13.6. The van der Waals surface area contributed by atoms with E-state index in [4.69, 9.17) is 4.42 Å². The molecule has 25 heavy (non-hydrogen) atoms. The van der Waals surface area contributed by atoms with Crippen molar-refractivity contribution in [3.63, 3.8) is 0 Å². The molecule has 1 unspecified atom stereocenters. The molecule has 2 heterocycles. The maximum Gasteiger partial charge on any atom is 0.298 e. The fraction of sp³-hybridized carbons (Fsp3) is 0.263. The van der Waals surface area contributed by atoms with Crippen LogP contribution in [0.1, 0.15) is 23.2 Å². The standard InChI is InChI=1S/C19H18FN3O2/c20-14-6-3-5-13(11-14)18(24)21-12-15-7-4-10-23(15)19-22-16-8-1-2-9-17(16)25-19/h1-3,5-6,8-9,11,15H,4,7,10,12H2,(H,21,24). The number of hydrogen-bond acceptors (Lipinski definition) is 4. The molecule has 2 aromatic carbocycles. The van der Waals surface area contributed by atoms with E-state index in [0.717, 1.165) is 30.5 Å². The summed E-state index contributed by atoms with van der Waals surface area (Å²) in [4.78, 5) is 18.8. The van der Waals surface area contributed by atoms with Gasteiger partial charge in [0, 0.05) is 18.7 Å². The van der Waals surface area contributed by atoms with Gasteiger partial charge in [-0.1, -0.05) is 18.2 Å². The first-order chi connectivity index (χ1) is 12.2. The average molecular weight is 339 g/mol. The predicted molar refractivity (Wildman–Crippen MR) is 93.1 cm³/mol. The van der Waals surface area contributed by atoms with Gasteiger partial charge in [0.15, 0.2) is 5.58 Å². The van der Waals surface area contributed by atoms with Crippen LogP contribution in [0.4, 0.5) is 10.4 Å². The third-order valence-electron chi connectivity index (χ3n) is 4.49. The van der Waals surface area contributed by atoms with Crippen LogP contribution in [0.2, 0.25) is 0 Å². The quantitative estimate of drug-likeness (QED) is 0.792. The van der Waals surface area contributed by atoms with Crippen LogP contribution in [0.15, 0.2) is 52.9 Å². The number of aromatic nitrogens is 1. The molecule has 4 rings (SSSR count). The van der Waals surface area contributed by atoms with Crippen molar-refractivity contribution in [2.45, 2.75) is 18.9 Å². The molecule has 1 N–H and O–H groups in total. The number of fused-ring (bicyclic) bond motifs is 1. The summed E-state index contributed by atoms with van der Waals surface area (Å²) >= 11 is 0. The lowest BCUT2D eigenvalue weighted by Crippen LogP contribution is -2.40. The minimum absolute atomic E-state index is 0.116. The number of rotatable bonds is 4. The smallest absolute Gasteiger partial charge is 0.298 e.